The second kappa shape index (κ2) is 5.76. The molecule has 2 amide bonds. The third-order valence-electron chi connectivity index (χ3n) is 3.45. The van der Waals surface area contributed by atoms with Gasteiger partial charge < -0.3 is 10.6 Å². The van der Waals surface area contributed by atoms with Gasteiger partial charge in [0.1, 0.15) is 6.04 Å². The van der Waals surface area contributed by atoms with Gasteiger partial charge in [-0.3, -0.25) is 9.59 Å². The Morgan fingerprint density at radius 3 is 2.53 bits per heavy atom. The summed E-state index contributed by atoms with van der Waals surface area (Å²) in [6.07, 6.45) is 3.28. The first-order valence-corrected chi connectivity index (χ1v) is 6.68. The molecule has 17 heavy (non-hydrogen) atoms. The monoisotopic (exact) mass is 258 g/mol. The zero-order valence-corrected chi connectivity index (χ0v) is 11.6. The predicted molar refractivity (Wildman–Crippen MR) is 71.0 cm³/mol. The molecule has 98 valence electrons. The van der Waals surface area contributed by atoms with Gasteiger partial charge in [0.25, 0.3) is 0 Å². The first-order chi connectivity index (χ1) is 7.86. The molecule has 1 rings (SSSR count). The van der Waals surface area contributed by atoms with Crippen LogP contribution < -0.4 is 10.6 Å². The number of hydrogen-bond acceptors (Lipinski definition) is 3. The summed E-state index contributed by atoms with van der Waals surface area (Å²) in [7, 11) is 0. The standard InChI is InChI=1S/C12H22N2O2S/c1-8(15)13-9(7-17)11(16)14-10-5-4-6-12(10,2)3/h9-10,17H,4-7H2,1-3H3,(H,13,15)(H,14,16). The maximum absolute atomic E-state index is 12.0. The number of carbonyl (C=O) groups excluding carboxylic acids is 2. The fourth-order valence-electron chi connectivity index (χ4n) is 2.31. The molecular weight excluding hydrogens is 236 g/mol. The zero-order valence-electron chi connectivity index (χ0n) is 10.7. The summed E-state index contributed by atoms with van der Waals surface area (Å²) in [5.74, 6) is -0.0153. The Morgan fingerprint density at radius 2 is 2.12 bits per heavy atom. The van der Waals surface area contributed by atoms with E-state index in [1.165, 1.54) is 6.92 Å². The lowest BCUT2D eigenvalue weighted by Crippen LogP contribution is -2.52. The van der Waals surface area contributed by atoms with Crippen LogP contribution in [0.3, 0.4) is 0 Å². The maximum Gasteiger partial charge on any atom is 0.243 e. The number of nitrogens with one attached hydrogen (secondary N) is 2. The summed E-state index contributed by atoms with van der Waals surface area (Å²) in [6.45, 7) is 5.74. The second-order valence-corrected chi connectivity index (χ2v) is 5.74. The van der Waals surface area contributed by atoms with Gasteiger partial charge in [-0.2, -0.15) is 12.6 Å². The van der Waals surface area contributed by atoms with Crippen LogP contribution in [0.1, 0.15) is 40.0 Å². The van der Waals surface area contributed by atoms with Crippen molar-refractivity contribution in [2.24, 2.45) is 5.41 Å². The van der Waals surface area contributed by atoms with Crippen molar-refractivity contribution in [1.82, 2.24) is 10.6 Å². The van der Waals surface area contributed by atoms with E-state index >= 15 is 0 Å². The quantitative estimate of drug-likeness (QED) is 0.662. The van der Waals surface area contributed by atoms with E-state index in [4.69, 9.17) is 0 Å². The molecule has 2 atom stereocenters. The maximum atomic E-state index is 12.0. The molecule has 0 aromatic heterocycles. The third-order valence-corrected chi connectivity index (χ3v) is 3.82. The summed E-state index contributed by atoms with van der Waals surface area (Å²) in [4.78, 5) is 22.9. The molecule has 0 saturated heterocycles. The van der Waals surface area contributed by atoms with E-state index in [0.717, 1.165) is 19.3 Å². The molecule has 0 spiro atoms. The van der Waals surface area contributed by atoms with Crippen molar-refractivity contribution in [3.63, 3.8) is 0 Å². The molecule has 0 heterocycles. The van der Waals surface area contributed by atoms with Gasteiger partial charge in [0, 0.05) is 18.7 Å². The summed E-state index contributed by atoms with van der Waals surface area (Å²) < 4.78 is 0. The van der Waals surface area contributed by atoms with E-state index in [0.29, 0.717) is 5.75 Å². The number of carbonyl (C=O) groups is 2. The lowest BCUT2D eigenvalue weighted by Gasteiger charge is -2.29. The third kappa shape index (κ3) is 3.91. The topological polar surface area (TPSA) is 58.2 Å². The van der Waals surface area contributed by atoms with Gasteiger partial charge >= 0.3 is 0 Å². The molecule has 5 heteroatoms. The fraction of sp³-hybridized carbons (Fsp3) is 0.833. The van der Waals surface area contributed by atoms with Gasteiger partial charge in [-0.05, 0) is 18.3 Å². The molecular formula is C12H22N2O2S. The van der Waals surface area contributed by atoms with Crippen LogP contribution in [0.4, 0.5) is 0 Å². The van der Waals surface area contributed by atoms with E-state index in [1.807, 2.05) is 0 Å². The van der Waals surface area contributed by atoms with Crippen molar-refractivity contribution in [1.29, 1.82) is 0 Å². The van der Waals surface area contributed by atoms with Gasteiger partial charge in [0.2, 0.25) is 11.8 Å². The van der Waals surface area contributed by atoms with Crippen LogP contribution in [-0.4, -0.2) is 29.7 Å². The molecule has 0 aromatic rings. The number of rotatable bonds is 4. The lowest BCUT2D eigenvalue weighted by atomic mass is 9.87. The first-order valence-electron chi connectivity index (χ1n) is 6.05. The van der Waals surface area contributed by atoms with E-state index in [1.54, 1.807) is 0 Å². The molecule has 0 aromatic carbocycles. The molecule has 1 saturated carbocycles. The zero-order chi connectivity index (χ0) is 13.1. The van der Waals surface area contributed by atoms with Crippen LogP contribution in [0.15, 0.2) is 0 Å². The van der Waals surface area contributed by atoms with Crippen LogP contribution in [0.25, 0.3) is 0 Å². The molecule has 0 radical (unpaired) electrons. The Hall–Kier alpha value is -0.710. The van der Waals surface area contributed by atoms with Crippen LogP contribution in [0, 0.1) is 5.41 Å². The Labute approximate surface area is 108 Å². The van der Waals surface area contributed by atoms with Crippen molar-refractivity contribution in [3.05, 3.63) is 0 Å². The predicted octanol–water partition coefficient (Wildman–Crippen LogP) is 1.12. The minimum Gasteiger partial charge on any atom is -0.351 e. The average Bonchev–Trinajstić information content (AvgIpc) is 2.54. The molecule has 0 aliphatic heterocycles. The summed E-state index contributed by atoms with van der Waals surface area (Å²) >= 11 is 4.09. The molecule has 1 aliphatic carbocycles. The minimum atomic E-state index is -0.535. The molecule has 2 unspecified atom stereocenters. The van der Waals surface area contributed by atoms with Crippen molar-refractivity contribution in [2.75, 3.05) is 5.75 Å². The van der Waals surface area contributed by atoms with Crippen LogP contribution >= 0.6 is 12.6 Å². The van der Waals surface area contributed by atoms with Gasteiger partial charge in [-0.1, -0.05) is 20.3 Å². The summed E-state index contributed by atoms with van der Waals surface area (Å²) in [6, 6.07) is -0.335. The summed E-state index contributed by atoms with van der Waals surface area (Å²) in [5, 5.41) is 5.63. The molecule has 4 nitrogen and oxygen atoms in total. The van der Waals surface area contributed by atoms with E-state index in [-0.39, 0.29) is 23.3 Å². The van der Waals surface area contributed by atoms with Crippen molar-refractivity contribution in [2.45, 2.75) is 52.1 Å². The van der Waals surface area contributed by atoms with Gasteiger partial charge in [0.15, 0.2) is 0 Å². The molecule has 2 N–H and O–H groups in total. The smallest absolute Gasteiger partial charge is 0.243 e. The van der Waals surface area contributed by atoms with Gasteiger partial charge in [-0.25, -0.2) is 0 Å². The number of thiol groups is 1. The van der Waals surface area contributed by atoms with Crippen molar-refractivity contribution >= 4 is 24.4 Å². The Morgan fingerprint density at radius 1 is 1.47 bits per heavy atom. The first kappa shape index (κ1) is 14.4. The summed E-state index contributed by atoms with van der Waals surface area (Å²) in [5.41, 5.74) is 0.146. The Balaban J connectivity index is 2.55. The molecule has 1 fully saturated rings. The Kier molecular flexibility index (Phi) is 4.86. The number of amides is 2. The number of hydrogen-bond donors (Lipinski definition) is 3. The fourth-order valence-corrected chi connectivity index (χ4v) is 2.56. The molecule has 0 bridgehead atoms. The van der Waals surface area contributed by atoms with Crippen LogP contribution in [0.2, 0.25) is 0 Å². The van der Waals surface area contributed by atoms with Crippen LogP contribution in [0.5, 0.6) is 0 Å². The molecule has 1 aliphatic rings. The SMILES string of the molecule is CC(=O)NC(CS)C(=O)NC1CCCC1(C)C. The van der Waals surface area contributed by atoms with E-state index < -0.39 is 6.04 Å². The second-order valence-electron chi connectivity index (χ2n) is 5.38. The minimum absolute atomic E-state index is 0.129. The van der Waals surface area contributed by atoms with Crippen molar-refractivity contribution in [3.8, 4) is 0 Å². The highest BCUT2D eigenvalue weighted by molar-refractivity contribution is 7.80. The van der Waals surface area contributed by atoms with Gasteiger partial charge in [0.05, 0.1) is 0 Å². The van der Waals surface area contributed by atoms with E-state index in [2.05, 4.69) is 37.1 Å². The Bertz CT molecular complexity index is 305. The lowest BCUT2D eigenvalue weighted by molar-refractivity contribution is -0.128. The van der Waals surface area contributed by atoms with Gasteiger partial charge in [-0.15, -0.1) is 0 Å². The van der Waals surface area contributed by atoms with Crippen molar-refractivity contribution < 1.29 is 9.59 Å². The normalized spacial score (nSPS) is 24.1. The largest absolute Gasteiger partial charge is 0.351 e. The highest BCUT2D eigenvalue weighted by Gasteiger charge is 2.36. The average molecular weight is 258 g/mol. The highest BCUT2D eigenvalue weighted by atomic mass is 32.1. The van der Waals surface area contributed by atoms with Crippen LogP contribution in [-0.2, 0) is 9.59 Å². The van der Waals surface area contributed by atoms with E-state index in [9.17, 15) is 9.59 Å². The highest BCUT2D eigenvalue weighted by Crippen LogP contribution is 2.37.